The Kier molecular flexibility index (Phi) is 6.60. The lowest BCUT2D eigenvalue weighted by Crippen LogP contribution is -2.31. The van der Waals surface area contributed by atoms with Crippen LogP contribution in [0.3, 0.4) is 0 Å². The summed E-state index contributed by atoms with van der Waals surface area (Å²) >= 11 is 5.97. The number of aromatic nitrogens is 2. The van der Waals surface area contributed by atoms with Gasteiger partial charge in [0.25, 0.3) is 11.5 Å². The van der Waals surface area contributed by atoms with E-state index in [-0.39, 0.29) is 17.2 Å². The summed E-state index contributed by atoms with van der Waals surface area (Å²) in [4.78, 5) is 26.1. The molecule has 0 aliphatic carbocycles. The number of ether oxygens (including phenoxy) is 2. The van der Waals surface area contributed by atoms with E-state index >= 15 is 0 Å². The molecule has 0 saturated heterocycles. The van der Waals surface area contributed by atoms with Crippen LogP contribution in [-0.4, -0.2) is 36.5 Å². The fraction of sp³-hybridized carbons (Fsp3) is 0.160. The van der Waals surface area contributed by atoms with Crippen molar-refractivity contribution in [1.82, 2.24) is 15.1 Å². The Bertz CT molecular complexity index is 1370. The van der Waals surface area contributed by atoms with Crippen molar-refractivity contribution in [2.75, 3.05) is 20.8 Å². The summed E-state index contributed by atoms with van der Waals surface area (Å²) in [6.45, 7) is 0.379. The second-order valence-corrected chi connectivity index (χ2v) is 7.72. The smallest absolute Gasteiger partial charge is 0.279 e. The number of carbonyl (C=O) groups excluding carboxylic acids is 1. The normalized spacial score (nSPS) is 10.8. The van der Waals surface area contributed by atoms with Gasteiger partial charge in [0.1, 0.15) is 0 Å². The van der Waals surface area contributed by atoms with Gasteiger partial charge in [-0.25, -0.2) is 0 Å². The monoisotopic (exact) mass is 463 g/mol. The lowest BCUT2D eigenvalue weighted by atomic mass is 10.1. The highest BCUT2D eigenvalue weighted by atomic mass is 35.5. The summed E-state index contributed by atoms with van der Waals surface area (Å²) in [5.74, 6) is 0.906. The molecule has 4 rings (SSSR count). The first kappa shape index (κ1) is 22.4. The Balaban J connectivity index is 1.61. The fourth-order valence-electron chi connectivity index (χ4n) is 3.55. The number of nitrogens with one attached hydrogen (secondary N) is 1. The van der Waals surface area contributed by atoms with Crippen LogP contribution in [0.1, 0.15) is 16.1 Å². The molecule has 1 N–H and O–H groups in total. The lowest BCUT2D eigenvalue weighted by molar-refractivity contribution is 0.0949. The highest BCUT2D eigenvalue weighted by molar-refractivity contribution is 6.30. The minimum atomic E-state index is -0.366. The minimum Gasteiger partial charge on any atom is -0.493 e. The predicted molar refractivity (Wildman–Crippen MR) is 128 cm³/mol. The zero-order valence-corrected chi connectivity index (χ0v) is 18.9. The Morgan fingerprint density at radius 2 is 1.67 bits per heavy atom. The van der Waals surface area contributed by atoms with E-state index in [1.807, 2.05) is 18.2 Å². The van der Waals surface area contributed by atoms with Gasteiger partial charge < -0.3 is 14.8 Å². The summed E-state index contributed by atoms with van der Waals surface area (Å²) in [6.07, 6.45) is 0.584. The van der Waals surface area contributed by atoms with E-state index in [0.29, 0.717) is 45.9 Å². The summed E-state index contributed by atoms with van der Waals surface area (Å²) in [6, 6.07) is 19.3. The number of amides is 1. The first-order valence-corrected chi connectivity index (χ1v) is 10.7. The highest BCUT2D eigenvalue weighted by Gasteiger charge is 2.17. The van der Waals surface area contributed by atoms with Gasteiger partial charge >= 0.3 is 0 Å². The third-order valence-electron chi connectivity index (χ3n) is 5.24. The number of benzene rings is 3. The molecule has 1 heterocycles. The molecule has 0 unspecified atom stereocenters. The molecule has 0 fully saturated rings. The second kappa shape index (κ2) is 9.75. The average Bonchev–Trinajstić information content (AvgIpc) is 2.85. The highest BCUT2D eigenvalue weighted by Crippen LogP contribution is 2.27. The van der Waals surface area contributed by atoms with E-state index in [1.165, 1.54) is 4.68 Å². The lowest BCUT2D eigenvalue weighted by Gasteiger charge is -2.12. The van der Waals surface area contributed by atoms with Crippen LogP contribution in [0.2, 0.25) is 5.02 Å². The molecule has 3 aromatic carbocycles. The van der Waals surface area contributed by atoms with E-state index in [9.17, 15) is 9.59 Å². The molecule has 4 aromatic rings. The Labute approximate surface area is 195 Å². The van der Waals surface area contributed by atoms with Crippen LogP contribution in [0.5, 0.6) is 11.5 Å². The van der Waals surface area contributed by atoms with Gasteiger partial charge in [0.15, 0.2) is 17.2 Å². The standard InChI is InChI=1S/C25H22ClN3O4/c1-32-21-12-7-16(15-22(21)33-2)13-14-27-24(30)23-19-5-3-4-6-20(19)25(31)29(28-23)18-10-8-17(26)9-11-18/h3-12,15H,13-14H2,1-2H3,(H,27,30). The molecule has 0 radical (unpaired) electrons. The second-order valence-electron chi connectivity index (χ2n) is 7.28. The van der Waals surface area contributed by atoms with Crippen LogP contribution >= 0.6 is 11.6 Å². The molecule has 0 aliphatic heterocycles. The van der Waals surface area contributed by atoms with E-state index < -0.39 is 0 Å². The van der Waals surface area contributed by atoms with Crippen LogP contribution < -0.4 is 20.3 Å². The largest absolute Gasteiger partial charge is 0.493 e. The van der Waals surface area contributed by atoms with Crippen molar-refractivity contribution in [1.29, 1.82) is 0 Å². The predicted octanol–water partition coefficient (Wildman–Crippen LogP) is 4.03. The van der Waals surface area contributed by atoms with Crippen molar-refractivity contribution in [3.05, 3.63) is 93.4 Å². The van der Waals surface area contributed by atoms with E-state index in [4.69, 9.17) is 21.1 Å². The minimum absolute atomic E-state index is 0.174. The number of hydrogen-bond donors (Lipinski definition) is 1. The van der Waals surface area contributed by atoms with Gasteiger partial charge in [-0.15, -0.1) is 0 Å². The van der Waals surface area contributed by atoms with Crippen LogP contribution in [0.15, 0.2) is 71.5 Å². The van der Waals surface area contributed by atoms with Gasteiger partial charge in [-0.05, 0) is 54.4 Å². The molecule has 1 aromatic heterocycles. The topological polar surface area (TPSA) is 82.5 Å². The molecule has 1 amide bonds. The first-order chi connectivity index (χ1) is 16.0. The van der Waals surface area contributed by atoms with Gasteiger partial charge in [-0.1, -0.05) is 35.9 Å². The molecule has 0 spiro atoms. The van der Waals surface area contributed by atoms with E-state index in [1.54, 1.807) is 62.8 Å². The van der Waals surface area contributed by atoms with Crippen molar-refractivity contribution in [3.8, 4) is 17.2 Å². The van der Waals surface area contributed by atoms with Gasteiger partial charge in [0.05, 0.1) is 25.3 Å². The summed E-state index contributed by atoms with van der Waals surface area (Å²) in [5, 5.41) is 8.74. The molecular weight excluding hydrogens is 442 g/mol. The van der Waals surface area contributed by atoms with Crippen LogP contribution in [-0.2, 0) is 6.42 Å². The van der Waals surface area contributed by atoms with Crippen molar-refractivity contribution >= 4 is 28.3 Å². The maximum absolute atomic E-state index is 13.1. The van der Waals surface area contributed by atoms with Gasteiger partial charge in [0, 0.05) is 17.0 Å². The third-order valence-corrected chi connectivity index (χ3v) is 5.49. The number of methoxy groups -OCH3 is 2. The maximum atomic E-state index is 13.1. The van der Waals surface area contributed by atoms with Crippen molar-refractivity contribution < 1.29 is 14.3 Å². The number of rotatable bonds is 7. The van der Waals surface area contributed by atoms with Gasteiger partial charge in [-0.3, -0.25) is 9.59 Å². The van der Waals surface area contributed by atoms with Crippen molar-refractivity contribution in [3.63, 3.8) is 0 Å². The summed E-state index contributed by atoms with van der Waals surface area (Å²) in [5.41, 5.74) is 1.37. The summed E-state index contributed by atoms with van der Waals surface area (Å²) in [7, 11) is 3.16. The molecule has 0 saturated carbocycles. The Hall–Kier alpha value is -3.84. The van der Waals surface area contributed by atoms with E-state index in [2.05, 4.69) is 10.4 Å². The third kappa shape index (κ3) is 4.68. The van der Waals surface area contributed by atoms with E-state index in [0.717, 1.165) is 5.56 Å². The SMILES string of the molecule is COc1ccc(CCNC(=O)c2nn(-c3ccc(Cl)cc3)c(=O)c3ccccc23)cc1OC. The van der Waals surface area contributed by atoms with Crippen LogP contribution in [0, 0.1) is 0 Å². The number of hydrogen-bond acceptors (Lipinski definition) is 5. The molecule has 7 nitrogen and oxygen atoms in total. The summed E-state index contributed by atoms with van der Waals surface area (Å²) < 4.78 is 11.8. The number of fused-ring (bicyclic) bond motifs is 1. The number of carbonyl (C=O) groups is 1. The van der Waals surface area contributed by atoms with Crippen LogP contribution in [0.25, 0.3) is 16.5 Å². The molecule has 8 heteroatoms. The van der Waals surface area contributed by atoms with Crippen molar-refractivity contribution in [2.24, 2.45) is 0 Å². The number of halogens is 1. The Morgan fingerprint density at radius 3 is 2.36 bits per heavy atom. The Morgan fingerprint density at radius 1 is 0.970 bits per heavy atom. The quantitative estimate of drug-likeness (QED) is 0.447. The molecule has 0 aliphatic rings. The zero-order chi connectivity index (χ0) is 23.4. The molecular formula is C25H22ClN3O4. The molecule has 0 atom stereocenters. The molecule has 0 bridgehead atoms. The van der Waals surface area contributed by atoms with Gasteiger partial charge in [0.2, 0.25) is 0 Å². The van der Waals surface area contributed by atoms with Crippen molar-refractivity contribution in [2.45, 2.75) is 6.42 Å². The van der Waals surface area contributed by atoms with Gasteiger partial charge in [-0.2, -0.15) is 9.78 Å². The maximum Gasteiger partial charge on any atom is 0.279 e. The average molecular weight is 464 g/mol. The fourth-order valence-corrected chi connectivity index (χ4v) is 3.68. The first-order valence-electron chi connectivity index (χ1n) is 10.3. The van der Waals surface area contributed by atoms with Crippen LogP contribution in [0.4, 0.5) is 0 Å². The molecule has 33 heavy (non-hydrogen) atoms. The number of nitrogens with zero attached hydrogens (tertiary/aromatic N) is 2. The molecule has 168 valence electrons. The zero-order valence-electron chi connectivity index (χ0n) is 18.2.